The molecular weight excluding hydrogens is 453 g/mol. The number of hydrogen-bond donors (Lipinski definition) is 2. The molecule has 0 atom stereocenters. The summed E-state index contributed by atoms with van der Waals surface area (Å²) in [6, 6.07) is 11.9. The molecule has 0 bridgehead atoms. The lowest BCUT2D eigenvalue weighted by Crippen LogP contribution is -2.46. The minimum Gasteiger partial charge on any atom is -0.497 e. The zero-order valence-electron chi connectivity index (χ0n) is 19.0. The summed E-state index contributed by atoms with van der Waals surface area (Å²) in [6.45, 7) is 0.837. The Labute approximate surface area is 201 Å². The second-order valence-corrected chi connectivity index (χ2v) is 7.99. The van der Waals surface area contributed by atoms with Gasteiger partial charge in [0.05, 0.1) is 7.11 Å². The second kappa shape index (κ2) is 10.7. The molecule has 180 valence electrons. The first kappa shape index (κ1) is 23.8. The predicted octanol–water partition coefficient (Wildman–Crippen LogP) is 2.91. The first-order valence-electron chi connectivity index (χ1n) is 11.1. The number of methoxy groups -OCH3 is 1. The van der Waals surface area contributed by atoms with E-state index in [2.05, 4.69) is 20.6 Å². The zero-order chi connectivity index (χ0) is 24.8. The predicted molar refractivity (Wildman–Crippen MR) is 126 cm³/mol. The third-order valence-corrected chi connectivity index (χ3v) is 5.69. The van der Waals surface area contributed by atoms with E-state index in [-0.39, 0.29) is 23.5 Å². The molecule has 1 aliphatic rings. The molecule has 10 heteroatoms. The van der Waals surface area contributed by atoms with Gasteiger partial charge in [-0.2, -0.15) is 0 Å². The summed E-state index contributed by atoms with van der Waals surface area (Å²) in [4.78, 5) is 48.0. The molecular formula is C25H24FN5O4. The lowest BCUT2D eigenvalue weighted by atomic mass is 10.0. The van der Waals surface area contributed by atoms with Gasteiger partial charge in [0.2, 0.25) is 0 Å². The van der Waals surface area contributed by atoms with Gasteiger partial charge in [-0.25, -0.2) is 14.4 Å². The van der Waals surface area contributed by atoms with Crippen molar-refractivity contribution in [1.29, 1.82) is 0 Å². The van der Waals surface area contributed by atoms with Gasteiger partial charge in [0, 0.05) is 42.7 Å². The Morgan fingerprint density at radius 1 is 0.971 bits per heavy atom. The van der Waals surface area contributed by atoms with Crippen LogP contribution in [0.25, 0.3) is 0 Å². The molecule has 0 saturated carbocycles. The molecule has 1 saturated heterocycles. The quantitative estimate of drug-likeness (QED) is 0.565. The number of carbonyl (C=O) groups is 3. The van der Waals surface area contributed by atoms with Crippen LogP contribution in [0.3, 0.4) is 0 Å². The summed E-state index contributed by atoms with van der Waals surface area (Å²) in [5.74, 6) is -0.956. The normalized spacial score (nSPS) is 13.7. The van der Waals surface area contributed by atoms with Gasteiger partial charge in [0.1, 0.15) is 11.6 Å². The molecule has 2 heterocycles. The van der Waals surface area contributed by atoms with Crippen LogP contribution in [0.5, 0.6) is 5.75 Å². The number of anilines is 1. The molecule has 0 spiro atoms. The Morgan fingerprint density at radius 2 is 1.69 bits per heavy atom. The van der Waals surface area contributed by atoms with E-state index in [4.69, 9.17) is 4.74 Å². The number of halogens is 1. The van der Waals surface area contributed by atoms with Crippen LogP contribution in [-0.4, -0.2) is 58.8 Å². The van der Waals surface area contributed by atoms with Crippen molar-refractivity contribution in [3.8, 4) is 5.75 Å². The van der Waals surface area contributed by atoms with E-state index in [1.165, 1.54) is 37.7 Å². The van der Waals surface area contributed by atoms with Crippen LogP contribution in [0.15, 0.2) is 60.9 Å². The van der Waals surface area contributed by atoms with Gasteiger partial charge in [-0.15, -0.1) is 0 Å². The molecule has 3 amide bonds. The van der Waals surface area contributed by atoms with Crippen molar-refractivity contribution < 1.29 is 23.5 Å². The van der Waals surface area contributed by atoms with Crippen molar-refractivity contribution >= 4 is 23.5 Å². The van der Waals surface area contributed by atoms with E-state index in [0.717, 1.165) is 0 Å². The number of rotatable bonds is 6. The van der Waals surface area contributed by atoms with Crippen LogP contribution in [-0.2, 0) is 0 Å². The van der Waals surface area contributed by atoms with Gasteiger partial charge in [-0.05, 0) is 55.3 Å². The first-order valence-corrected chi connectivity index (χ1v) is 11.1. The maximum atomic E-state index is 13.4. The van der Waals surface area contributed by atoms with Crippen LogP contribution < -0.4 is 15.4 Å². The summed E-state index contributed by atoms with van der Waals surface area (Å²) >= 11 is 0. The van der Waals surface area contributed by atoms with Gasteiger partial charge in [-0.1, -0.05) is 6.07 Å². The van der Waals surface area contributed by atoms with Crippen LogP contribution in [0, 0.1) is 5.82 Å². The minimum absolute atomic E-state index is 0.00683. The Kier molecular flexibility index (Phi) is 7.30. The molecule has 1 aliphatic heterocycles. The molecule has 1 aromatic heterocycles. The van der Waals surface area contributed by atoms with Gasteiger partial charge in [0.15, 0.2) is 11.5 Å². The lowest BCUT2D eigenvalue weighted by Gasteiger charge is -2.32. The van der Waals surface area contributed by atoms with Gasteiger partial charge in [-0.3, -0.25) is 14.4 Å². The highest BCUT2D eigenvalue weighted by molar-refractivity contribution is 6.07. The standard InChI is InChI=1S/C25H24FN5O4/c1-35-20-7-5-16(6-8-20)23(32)30-22-21(27-11-12-28-22)24(33)29-19-9-13-31(14-10-19)25(34)17-3-2-4-18(26)15-17/h2-8,11-12,15,19H,9-10,13-14H2,1H3,(H,29,33)(H,28,30,32). The molecule has 9 nitrogen and oxygen atoms in total. The van der Waals surface area contributed by atoms with Gasteiger partial charge >= 0.3 is 0 Å². The average Bonchev–Trinajstić information content (AvgIpc) is 2.89. The molecule has 0 radical (unpaired) electrons. The number of amides is 3. The average molecular weight is 477 g/mol. The topological polar surface area (TPSA) is 114 Å². The van der Waals surface area contributed by atoms with Crippen molar-refractivity contribution in [3.63, 3.8) is 0 Å². The Balaban J connectivity index is 1.36. The first-order chi connectivity index (χ1) is 16.9. The van der Waals surface area contributed by atoms with Crippen molar-refractivity contribution in [1.82, 2.24) is 20.2 Å². The summed E-state index contributed by atoms with van der Waals surface area (Å²) in [5.41, 5.74) is 0.662. The van der Waals surface area contributed by atoms with Crippen molar-refractivity contribution in [3.05, 3.63) is 83.6 Å². The highest BCUT2D eigenvalue weighted by Crippen LogP contribution is 2.17. The fraction of sp³-hybridized carbons (Fsp3) is 0.240. The van der Waals surface area contributed by atoms with E-state index < -0.39 is 17.6 Å². The maximum absolute atomic E-state index is 13.4. The zero-order valence-corrected chi connectivity index (χ0v) is 19.0. The lowest BCUT2D eigenvalue weighted by molar-refractivity contribution is 0.0697. The molecule has 1 fully saturated rings. The Hall–Kier alpha value is -4.34. The van der Waals surface area contributed by atoms with Gasteiger partial charge in [0.25, 0.3) is 17.7 Å². The van der Waals surface area contributed by atoms with E-state index in [9.17, 15) is 18.8 Å². The van der Waals surface area contributed by atoms with E-state index in [1.807, 2.05) is 0 Å². The van der Waals surface area contributed by atoms with Crippen LogP contribution >= 0.6 is 0 Å². The highest BCUT2D eigenvalue weighted by Gasteiger charge is 2.26. The number of ether oxygens (including phenoxy) is 1. The number of hydrogen-bond acceptors (Lipinski definition) is 6. The highest BCUT2D eigenvalue weighted by atomic mass is 19.1. The number of benzene rings is 2. The molecule has 0 unspecified atom stereocenters. The number of nitrogens with zero attached hydrogens (tertiary/aromatic N) is 3. The number of aromatic nitrogens is 2. The molecule has 2 aromatic carbocycles. The Morgan fingerprint density at radius 3 is 2.37 bits per heavy atom. The largest absolute Gasteiger partial charge is 0.497 e. The van der Waals surface area contributed by atoms with Gasteiger partial charge < -0.3 is 20.3 Å². The maximum Gasteiger partial charge on any atom is 0.273 e. The molecule has 3 aromatic rings. The number of piperidine rings is 1. The second-order valence-electron chi connectivity index (χ2n) is 7.99. The monoisotopic (exact) mass is 477 g/mol. The molecule has 4 rings (SSSR count). The van der Waals surface area contributed by atoms with Crippen LogP contribution in [0.1, 0.15) is 44.0 Å². The van der Waals surface area contributed by atoms with Crippen molar-refractivity contribution in [2.75, 3.05) is 25.5 Å². The van der Waals surface area contributed by atoms with E-state index in [0.29, 0.717) is 42.8 Å². The summed E-state index contributed by atoms with van der Waals surface area (Å²) in [6.07, 6.45) is 3.82. The summed E-state index contributed by atoms with van der Waals surface area (Å²) in [7, 11) is 1.53. The number of carbonyl (C=O) groups excluding carboxylic acids is 3. The molecule has 0 aliphatic carbocycles. The van der Waals surface area contributed by atoms with Crippen LogP contribution in [0.4, 0.5) is 10.2 Å². The van der Waals surface area contributed by atoms with Crippen LogP contribution in [0.2, 0.25) is 0 Å². The SMILES string of the molecule is COc1ccc(C(=O)Nc2nccnc2C(=O)NC2CCN(C(=O)c3cccc(F)c3)CC2)cc1. The third kappa shape index (κ3) is 5.78. The van der Waals surface area contributed by atoms with E-state index >= 15 is 0 Å². The summed E-state index contributed by atoms with van der Waals surface area (Å²) < 4.78 is 18.5. The Bertz CT molecular complexity index is 1230. The fourth-order valence-electron chi connectivity index (χ4n) is 3.80. The molecule has 2 N–H and O–H groups in total. The summed E-state index contributed by atoms with van der Waals surface area (Å²) in [5, 5.41) is 5.53. The number of nitrogens with one attached hydrogen (secondary N) is 2. The third-order valence-electron chi connectivity index (χ3n) is 5.69. The molecule has 35 heavy (non-hydrogen) atoms. The van der Waals surface area contributed by atoms with Crippen molar-refractivity contribution in [2.24, 2.45) is 0 Å². The fourth-order valence-corrected chi connectivity index (χ4v) is 3.80. The van der Waals surface area contributed by atoms with Crippen molar-refractivity contribution in [2.45, 2.75) is 18.9 Å². The van der Waals surface area contributed by atoms with E-state index in [1.54, 1.807) is 35.2 Å². The smallest absolute Gasteiger partial charge is 0.273 e. The minimum atomic E-state index is -0.474. The number of likely N-dealkylation sites (tertiary alicyclic amines) is 1.